The first-order valence-electron chi connectivity index (χ1n) is 6.88. The number of amides is 2. The van der Waals surface area contributed by atoms with Crippen LogP contribution in [0.2, 0.25) is 0 Å². The highest BCUT2D eigenvalue weighted by Crippen LogP contribution is 2.27. The molecule has 0 aromatic carbocycles. The number of nitrogens with one attached hydrogen (secondary N) is 2. The lowest BCUT2D eigenvalue weighted by molar-refractivity contribution is -0.123. The van der Waals surface area contributed by atoms with Crippen LogP contribution in [0.1, 0.15) is 53.9 Å². The van der Waals surface area contributed by atoms with Gasteiger partial charge in [0.25, 0.3) is 0 Å². The minimum Gasteiger partial charge on any atom is -0.444 e. The van der Waals surface area contributed by atoms with E-state index in [0.717, 1.165) is 19.3 Å². The van der Waals surface area contributed by atoms with E-state index in [1.807, 2.05) is 34.6 Å². The zero-order valence-corrected chi connectivity index (χ0v) is 12.6. The van der Waals surface area contributed by atoms with Gasteiger partial charge in [-0.15, -0.1) is 0 Å². The molecule has 0 aromatic heterocycles. The largest absolute Gasteiger partial charge is 0.444 e. The molecule has 0 saturated carbocycles. The van der Waals surface area contributed by atoms with Crippen LogP contribution < -0.4 is 10.6 Å². The van der Waals surface area contributed by atoms with Gasteiger partial charge in [0, 0.05) is 18.0 Å². The molecule has 0 aliphatic carbocycles. The van der Waals surface area contributed by atoms with Gasteiger partial charge in [0.2, 0.25) is 5.91 Å². The maximum atomic E-state index is 11.7. The molecule has 0 aromatic rings. The quantitative estimate of drug-likeness (QED) is 0.770. The lowest BCUT2D eigenvalue weighted by Crippen LogP contribution is -2.34. The van der Waals surface area contributed by atoms with E-state index >= 15 is 0 Å². The Balaban J connectivity index is 2.18. The number of hydrogen-bond donors (Lipinski definition) is 2. The summed E-state index contributed by atoms with van der Waals surface area (Å²) in [5.41, 5.74) is -0.570. The van der Waals surface area contributed by atoms with Gasteiger partial charge in [-0.05, 0) is 53.9 Å². The number of carbonyl (C=O) groups is 2. The van der Waals surface area contributed by atoms with Crippen molar-refractivity contribution in [2.45, 2.75) is 65.0 Å². The molecule has 1 heterocycles. The van der Waals surface area contributed by atoms with Crippen LogP contribution in [0.4, 0.5) is 4.79 Å². The van der Waals surface area contributed by atoms with Gasteiger partial charge < -0.3 is 15.4 Å². The van der Waals surface area contributed by atoms with Crippen molar-refractivity contribution in [2.24, 2.45) is 5.92 Å². The molecule has 1 rings (SSSR count). The Morgan fingerprint density at radius 2 is 2.11 bits per heavy atom. The second-order valence-electron chi connectivity index (χ2n) is 6.85. The van der Waals surface area contributed by atoms with E-state index in [1.54, 1.807) is 0 Å². The fourth-order valence-corrected chi connectivity index (χ4v) is 2.28. The zero-order chi connectivity index (χ0) is 14.7. The molecule has 0 radical (unpaired) electrons. The number of carbonyl (C=O) groups excluding carboxylic acids is 2. The standard InChI is InChI=1S/C14H26N2O3/c1-13(2,3)19-12(18)15-8-6-7-10-9-14(4,5)16-11(10)17/h10H,6-9H2,1-5H3,(H,15,18)(H,16,17). The first kappa shape index (κ1) is 15.8. The van der Waals surface area contributed by atoms with Crippen LogP contribution in [-0.2, 0) is 9.53 Å². The maximum absolute atomic E-state index is 11.7. The lowest BCUT2D eigenvalue weighted by Gasteiger charge is -2.19. The van der Waals surface area contributed by atoms with Gasteiger partial charge in [0.15, 0.2) is 0 Å². The van der Waals surface area contributed by atoms with Gasteiger partial charge in [-0.25, -0.2) is 4.79 Å². The predicted molar refractivity (Wildman–Crippen MR) is 73.8 cm³/mol. The smallest absolute Gasteiger partial charge is 0.407 e. The molecular formula is C14H26N2O3. The minimum atomic E-state index is -0.473. The first-order chi connectivity index (χ1) is 8.59. The summed E-state index contributed by atoms with van der Waals surface area (Å²) in [7, 11) is 0. The van der Waals surface area contributed by atoms with E-state index in [0.29, 0.717) is 6.54 Å². The summed E-state index contributed by atoms with van der Waals surface area (Å²) in [6, 6.07) is 0. The maximum Gasteiger partial charge on any atom is 0.407 e. The predicted octanol–water partition coefficient (Wildman–Crippen LogP) is 2.21. The molecule has 2 amide bonds. The van der Waals surface area contributed by atoms with Crippen LogP contribution in [0.25, 0.3) is 0 Å². The summed E-state index contributed by atoms with van der Waals surface area (Å²) in [4.78, 5) is 23.1. The summed E-state index contributed by atoms with van der Waals surface area (Å²) >= 11 is 0. The van der Waals surface area contributed by atoms with Crippen molar-refractivity contribution in [2.75, 3.05) is 6.54 Å². The SMILES string of the molecule is CC1(C)CC(CCCNC(=O)OC(C)(C)C)C(=O)N1. The average molecular weight is 270 g/mol. The van der Waals surface area contributed by atoms with Gasteiger partial charge in [-0.2, -0.15) is 0 Å². The zero-order valence-electron chi connectivity index (χ0n) is 12.6. The van der Waals surface area contributed by atoms with Gasteiger partial charge in [-0.1, -0.05) is 0 Å². The van der Waals surface area contributed by atoms with Crippen molar-refractivity contribution in [1.82, 2.24) is 10.6 Å². The number of alkyl carbamates (subject to hydrolysis) is 1. The fraction of sp³-hybridized carbons (Fsp3) is 0.857. The van der Waals surface area contributed by atoms with Crippen molar-refractivity contribution in [3.63, 3.8) is 0 Å². The molecule has 1 saturated heterocycles. The van der Waals surface area contributed by atoms with E-state index in [4.69, 9.17) is 4.74 Å². The van der Waals surface area contributed by atoms with Gasteiger partial charge >= 0.3 is 6.09 Å². The Morgan fingerprint density at radius 3 is 2.58 bits per heavy atom. The topological polar surface area (TPSA) is 67.4 Å². The van der Waals surface area contributed by atoms with E-state index in [9.17, 15) is 9.59 Å². The highest BCUT2D eigenvalue weighted by molar-refractivity contribution is 5.81. The summed E-state index contributed by atoms with van der Waals surface area (Å²) in [6.45, 7) is 10.1. The normalized spacial score (nSPS) is 21.9. The fourth-order valence-electron chi connectivity index (χ4n) is 2.28. The Morgan fingerprint density at radius 1 is 1.47 bits per heavy atom. The summed E-state index contributed by atoms with van der Waals surface area (Å²) in [5.74, 6) is 0.192. The molecule has 110 valence electrons. The molecule has 5 heteroatoms. The summed E-state index contributed by atoms with van der Waals surface area (Å²) in [5, 5.41) is 5.68. The third kappa shape index (κ3) is 5.94. The van der Waals surface area contributed by atoms with Gasteiger partial charge in [-0.3, -0.25) is 4.79 Å². The van der Waals surface area contributed by atoms with E-state index in [1.165, 1.54) is 0 Å². The summed E-state index contributed by atoms with van der Waals surface area (Å²) in [6.07, 6.45) is 2.04. The lowest BCUT2D eigenvalue weighted by atomic mass is 9.93. The Bertz CT molecular complexity index is 345. The molecule has 2 N–H and O–H groups in total. The molecule has 1 aliphatic rings. The van der Waals surface area contributed by atoms with E-state index in [2.05, 4.69) is 10.6 Å². The third-order valence-electron chi connectivity index (χ3n) is 2.99. The van der Waals surface area contributed by atoms with Crippen LogP contribution in [-0.4, -0.2) is 29.7 Å². The van der Waals surface area contributed by atoms with Crippen molar-refractivity contribution < 1.29 is 14.3 Å². The van der Waals surface area contributed by atoms with Crippen LogP contribution in [0.5, 0.6) is 0 Å². The van der Waals surface area contributed by atoms with E-state index < -0.39 is 11.7 Å². The van der Waals surface area contributed by atoms with Crippen molar-refractivity contribution in [3.8, 4) is 0 Å². The van der Waals surface area contributed by atoms with Crippen LogP contribution in [0.15, 0.2) is 0 Å². The van der Waals surface area contributed by atoms with E-state index in [-0.39, 0.29) is 17.4 Å². The molecular weight excluding hydrogens is 244 g/mol. The monoisotopic (exact) mass is 270 g/mol. The molecule has 0 bridgehead atoms. The number of hydrogen-bond acceptors (Lipinski definition) is 3. The molecule has 19 heavy (non-hydrogen) atoms. The Hall–Kier alpha value is -1.26. The second-order valence-corrected chi connectivity index (χ2v) is 6.85. The average Bonchev–Trinajstić information content (AvgIpc) is 2.44. The molecule has 5 nitrogen and oxygen atoms in total. The molecule has 1 fully saturated rings. The summed E-state index contributed by atoms with van der Waals surface area (Å²) < 4.78 is 5.13. The molecule has 0 spiro atoms. The first-order valence-corrected chi connectivity index (χ1v) is 6.88. The van der Waals surface area contributed by atoms with Crippen molar-refractivity contribution in [1.29, 1.82) is 0 Å². The van der Waals surface area contributed by atoms with Crippen molar-refractivity contribution in [3.05, 3.63) is 0 Å². The number of rotatable bonds is 4. The van der Waals surface area contributed by atoms with Crippen LogP contribution in [0, 0.1) is 5.92 Å². The van der Waals surface area contributed by atoms with Crippen LogP contribution >= 0.6 is 0 Å². The molecule has 1 atom stereocenters. The second kappa shape index (κ2) is 5.80. The number of ether oxygens (including phenoxy) is 1. The van der Waals surface area contributed by atoms with Crippen molar-refractivity contribution >= 4 is 12.0 Å². The Kier molecular flexibility index (Phi) is 4.82. The third-order valence-corrected chi connectivity index (χ3v) is 2.99. The highest BCUT2D eigenvalue weighted by Gasteiger charge is 2.36. The molecule has 1 aliphatic heterocycles. The van der Waals surface area contributed by atoms with Gasteiger partial charge in [0.1, 0.15) is 5.60 Å². The van der Waals surface area contributed by atoms with Crippen LogP contribution in [0.3, 0.4) is 0 Å². The Labute approximate surface area is 115 Å². The highest BCUT2D eigenvalue weighted by atomic mass is 16.6. The molecule has 1 unspecified atom stereocenters. The minimum absolute atomic E-state index is 0.0652. The van der Waals surface area contributed by atoms with Gasteiger partial charge in [0.05, 0.1) is 0 Å².